The lowest BCUT2D eigenvalue weighted by molar-refractivity contribution is -0.199. The van der Waals surface area contributed by atoms with Crippen molar-refractivity contribution in [1.82, 2.24) is 0 Å². The molecule has 22 nitrogen and oxygen atoms in total. The monoisotopic (exact) mass is 874 g/mol. The van der Waals surface area contributed by atoms with Crippen LogP contribution in [0.15, 0.2) is 36.1 Å². The van der Waals surface area contributed by atoms with Gasteiger partial charge in [0, 0.05) is 45.9 Å². The molecule has 4 aromatic rings. The van der Waals surface area contributed by atoms with Crippen LogP contribution in [0.25, 0.3) is 16.7 Å². The van der Waals surface area contributed by atoms with Gasteiger partial charge in [0.2, 0.25) is 22.9 Å². The molecule has 22 heteroatoms. The number of aliphatic hydroxyl groups excluding tert-OH is 4. The second-order valence-corrected chi connectivity index (χ2v) is 15.6. The van der Waals surface area contributed by atoms with Crippen LogP contribution in [-0.2, 0) is 30.2 Å². The summed E-state index contributed by atoms with van der Waals surface area (Å²) in [5.41, 5.74) is -9.93. The molecule has 4 aromatic carbocycles. The van der Waals surface area contributed by atoms with Crippen LogP contribution in [0.3, 0.4) is 0 Å². The molecule has 5 aliphatic heterocycles. The number of rotatable bonds is 2. The van der Waals surface area contributed by atoms with Crippen LogP contribution >= 0.6 is 0 Å². The van der Waals surface area contributed by atoms with Crippen molar-refractivity contribution in [2.75, 3.05) is 6.61 Å². The fourth-order valence-corrected chi connectivity index (χ4v) is 9.71. The Balaban J connectivity index is 1.30. The van der Waals surface area contributed by atoms with Gasteiger partial charge in [-0.25, -0.2) is 9.59 Å². The zero-order valence-electron chi connectivity index (χ0n) is 31.4. The third kappa shape index (κ3) is 4.86. The fraction of sp³-hybridized carbons (Fsp3) is 0.268. The third-order valence-electron chi connectivity index (χ3n) is 12.5. The van der Waals surface area contributed by atoms with Gasteiger partial charge in [-0.15, -0.1) is 0 Å². The van der Waals surface area contributed by atoms with Crippen molar-refractivity contribution in [1.29, 1.82) is 0 Å². The first kappa shape index (κ1) is 39.3. The number of phenols is 9. The second kappa shape index (κ2) is 12.9. The summed E-state index contributed by atoms with van der Waals surface area (Å²) in [4.78, 5) is 58.4. The molecule has 6 unspecified atom stereocenters. The van der Waals surface area contributed by atoms with Crippen LogP contribution in [0, 0.1) is 5.92 Å². The molecule has 1 aliphatic carbocycles. The Morgan fingerprint density at radius 1 is 0.651 bits per heavy atom. The molecule has 1 spiro atoms. The number of carbonyl (C=O) groups is 4. The lowest BCUT2D eigenvalue weighted by atomic mass is 9.66. The number of benzene rings is 4. The van der Waals surface area contributed by atoms with E-state index in [2.05, 4.69) is 0 Å². The second-order valence-electron chi connectivity index (χ2n) is 15.6. The molecule has 10 rings (SSSR count). The minimum absolute atomic E-state index is 0.0755. The van der Waals surface area contributed by atoms with Gasteiger partial charge in [0.15, 0.2) is 58.6 Å². The lowest BCUT2D eigenvalue weighted by Crippen LogP contribution is -2.65. The largest absolute Gasteiger partial charge is 0.507 e. The first-order chi connectivity index (χ1) is 29.8. The van der Waals surface area contributed by atoms with Crippen molar-refractivity contribution in [3.63, 3.8) is 0 Å². The minimum atomic E-state index is -2.83. The average Bonchev–Trinajstić information content (AvgIpc) is 3.69. The number of esters is 3. The molecule has 1 saturated heterocycles. The van der Waals surface area contributed by atoms with E-state index in [1.807, 2.05) is 0 Å². The van der Waals surface area contributed by atoms with Gasteiger partial charge in [-0.1, -0.05) is 6.07 Å². The molecule has 0 saturated carbocycles. The molecule has 6 bridgehead atoms. The van der Waals surface area contributed by atoms with Crippen molar-refractivity contribution < 1.29 is 109 Å². The van der Waals surface area contributed by atoms with Crippen molar-refractivity contribution >= 4 is 29.3 Å². The molecule has 0 radical (unpaired) electrons. The molecule has 0 amide bonds. The standard InChI is InChI=1S/C41H30O22/c42-7-17-27(49)36-35-24-19-16(6-12(44)9-4-15(47)33(60-34(9)19)8-1-2-11(43)13(45)3-8)63-41(24)25(40(58)61-35)23(31(53)37(41)55)21-22(39(57)62-36)20(29(51)32(54)30(21)52)18-10(38(56)59-17)5-14(46)26(48)28(18)50/h1-3,5-6,15,17,24-25,27,33,35-36,42-54H,4,7H2/t15-,17?,24-,25?,27?,33+,35?,36?,41?/m0/s1. The third-order valence-corrected chi connectivity index (χ3v) is 12.5. The number of phenolic OH excluding ortho intramolecular Hbond substituents is 9. The highest BCUT2D eigenvalue weighted by Gasteiger charge is 2.76. The molecular weight excluding hydrogens is 844 g/mol. The minimum Gasteiger partial charge on any atom is -0.507 e. The van der Waals surface area contributed by atoms with Gasteiger partial charge in [-0.3, -0.25) is 9.59 Å². The van der Waals surface area contributed by atoms with E-state index in [4.69, 9.17) is 23.7 Å². The number of cyclic esters (lactones) is 1. The highest BCUT2D eigenvalue weighted by atomic mass is 16.6. The predicted molar refractivity (Wildman–Crippen MR) is 198 cm³/mol. The number of carbonyl (C=O) groups excluding carboxylic acids is 4. The number of aromatic hydroxyl groups is 9. The number of Topliss-reactive ketones (excluding diaryl/α,β-unsaturated/α-hetero) is 1. The maximum atomic E-state index is 15.0. The zero-order chi connectivity index (χ0) is 45.0. The van der Waals surface area contributed by atoms with E-state index in [-0.39, 0.29) is 22.4 Å². The van der Waals surface area contributed by atoms with Crippen LogP contribution in [0.5, 0.6) is 63.2 Å². The van der Waals surface area contributed by atoms with Gasteiger partial charge in [0.05, 0.1) is 29.8 Å². The summed E-state index contributed by atoms with van der Waals surface area (Å²) in [6, 6.07) is 4.89. The van der Waals surface area contributed by atoms with E-state index < -0.39 is 187 Å². The van der Waals surface area contributed by atoms with Crippen molar-refractivity contribution in [3.8, 4) is 74.4 Å². The Morgan fingerprint density at radius 3 is 2.05 bits per heavy atom. The Labute approximate surface area is 349 Å². The first-order valence-corrected chi connectivity index (χ1v) is 18.8. The van der Waals surface area contributed by atoms with E-state index in [0.29, 0.717) is 6.07 Å². The Kier molecular flexibility index (Phi) is 8.02. The SMILES string of the molecule is O=C1OC(CO)C(O)C2OC(=O)c3c(c(O)c(O)c(O)c3-c3c1cc(O)c(O)c3O)C1=C(O)C(=O)C34Oc5cc(O)c6c(c5[C@H]3C2OC(=O)C14)O[C@H](c1ccc(O)c(O)c1)[C@@H](O)C6. The summed E-state index contributed by atoms with van der Waals surface area (Å²) < 4.78 is 29.8. The lowest BCUT2D eigenvalue weighted by Gasteiger charge is -2.46. The Morgan fingerprint density at radius 2 is 1.35 bits per heavy atom. The van der Waals surface area contributed by atoms with Crippen LogP contribution in [0.4, 0.5) is 0 Å². The molecule has 5 heterocycles. The summed E-state index contributed by atoms with van der Waals surface area (Å²) in [7, 11) is 0. The van der Waals surface area contributed by atoms with E-state index >= 15 is 0 Å². The number of fused-ring (bicyclic) bond motifs is 9. The normalized spacial score (nSPS) is 28.7. The molecule has 326 valence electrons. The van der Waals surface area contributed by atoms with Crippen molar-refractivity contribution in [3.05, 3.63) is 69.5 Å². The van der Waals surface area contributed by atoms with Crippen LogP contribution in [0.2, 0.25) is 0 Å². The highest BCUT2D eigenvalue weighted by Crippen LogP contribution is 2.67. The molecule has 63 heavy (non-hydrogen) atoms. The molecule has 9 atom stereocenters. The number of ketones is 1. The summed E-state index contributed by atoms with van der Waals surface area (Å²) >= 11 is 0. The quantitative estimate of drug-likeness (QED) is 0.0740. The molecular formula is C41H30O22. The fourth-order valence-electron chi connectivity index (χ4n) is 9.71. The maximum Gasteiger partial charge on any atom is 0.340 e. The molecule has 6 aliphatic rings. The summed E-state index contributed by atoms with van der Waals surface area (Å²) in [5.74, 6) is -23.3. The number of hydrogen-bond acceptors (Lipinski definition) is 22. The van der Waals surface area contributed by atoms with E-state index in [1.54, 1.807) is 0 Å². The smallest absolute Gasteiger partial charge is 0.340 e. The topological polar surface area (TPSA) is 377 Å². The maximum absolute atomic E-state index is 15.0. The zero-order valence-corrected chi connectivity index (χ0v) is 31.4. The highest BCUT2D eigenvalue weighted by molar-refractivity contribution is 6.22. The number of aliphatic hydroxyl groups is 4. The average molecular weight is 875 g/mol. The number of hydrogen-bond donors (Lipinski definition) is 13. The summed E-state index contributed by atoms with van der Waals surface area (Å²) in [6.45, 7) is -1.32. The van der Waals surface area contributed by atoms with Gasteiger partial charge in [0.25, 0.3) is 0 Å². The van der Waals surface area contributed by atoms with Crippen LogP contribution < -0.4 is 9.47 Å². The predicted octanol–water partition coefficient (Wildman–Crippen LogP) is 0.481. The van der Waals surface area contributed by atoms with Gasteiger partial charge >= 0.3 is 17.9 Å². The number of ether oxygens (including phenoxy) is 5. The molecule has 0 aromatic heterocycles. The Bertz CT molecular complexity index is 2860. The molecule has 1 fully saturated rings. The summed E-state index contributed by atoms with van der Waals surface area (Å²) in [6.07, 6.45) is -12.7. The Hall–Kier alpha value is -7.82. The first-order valence-electron chi connectivity index (χ1n) is 18.8. The van der Waals surface area contributed by atoms with Crippen LogP contribution in [-0.4, -0.2) is 133 Å². The van der Waals surface area contributed by atoms with Crippen molar-refractivity contribution in [2.24, 2.45) is 5.92 Å². The van der Waals surface area contributed by atoms with Gasteiger partial charge in [-0.2, -0.15) is 0 Å². The molecule has 13 N–H and O–H groups in total. The van der Waals surface area contributed by atoms with Gasteiger partial charge in [-0.05, 0) is 23.8 Å². The van der Waals surface area contributed by atoms with E-state index in [0.717, 1.165) is 18.2 Å². The van der Waals surface area contributed by atoms with Crippen LogP contribution in [0.1, 0.15) is 55.0 Å². The van der Waals surface area contributed by atoms with Gasteiger partial charge in [0.1, 0.15) is 35.4 Å². The van der Waals surface area contributed by atoms with Crippen molar-refractivity contribution in [2.45, 2.75) is 54.6 Å². The van der Waals surface area contributed by atoms with E-state index in [9.17, 15) is 85.6 Å². The van der Waals surface area contributed by atoms with Gasteiger partial charge < -0.3 is 90.1 Å². The summed E-state index contributed by atoms with van der Waals surface area (Å²) in [5, 5.41) is 144. The van der Waals surface area contributed by atoms with E-state index in [1.165, 1.54) is 6.07 Å².